The summed E-state index contributed by atoms with van der Waals surface area (Å²) in [6, 6.07) is 7.15. The van der Waals surface area contributed by atoms with Crippen molar-refractivity contribution in [1.82, 2.24) is 10.2 Å². The summed E-state index contributed by atoms with van der Waals surface area (Å²) >= 11 is 5.52. The predicted octanol–water partition coefficient (Wildman–Crippen LogP) is 3.76. The molecule has 2 N–H and O–H groups in total. The number of rotatable bonds is 7. The molecule has 1 unspecified atom stereocenters. The number of amides is 1. The summed E-state index contributed by atoms with van der Waals surface area (Å²) in [6.07, 6.45) is 1.93. The number of thiocarbonyl (C=S) groups is 1. The van der Waals surface area contributed by atoms with Crippen LogP contribution in [0.5, 0.6) is 0 Å². The first-order valence-corrected chi connectivity index (χ1v) is 10.6. The highest BCUT2D eigenvalue weighted by Gasteiger charge is 2.34. The van der Waals surface area contributed by atoms with E-state index in [1.54, 1.807) is 0 Å². The molecule has 0 spiro atoms. The van der Waals surface area contributed by atoms with Gasteiger partial charge in [0.15, 0.2) is 5.11 Å². The maximum atomic E-state index is 12.9. The number of carbonyl (C=O) groups excluding carboxylic acids is 2. The monoisotopic (exact) mass is 415 g/mol. The number of esters is 1. The first kappa shape index (κ1) is 21.3. The van der Waals surface area contributed by atoms with E-state index in [0.717, 1.165) is 29.8 Å². The predicted molar refractivity (Wildman–Crippen MR) is 117 cm³/mol. The zero-order chi connectivity index (χ0) is 21.1. The van der Waals surface area contributed by atoms with Gasteiger partial charge in [0.25, 0.3) is 0 Å². The molecule has 156 valence electrons. The Bertz CT molecular complexity index is 828. The highest BCUT2D eigenvalue weighted by molar-refractivity contribution is 7.80. The van der Waals surface area contributed by atoms with Gasteiger partial charge in [0.05, 0.1) is 18.2 Å². The van der Waals surface area contributed by atoms with Crippen molar-refractivity contribution in [3.8, 4) is 0 Å². The molecular formula is C22H29N3O3S. The molecule has 1 amide bonds. The molecule has 1 aliphatic carbocycles. The largest absolute Gasteiger partial charge is 0.462 e. The van der Waals surface area contributed by atoms with E-state index >= 15 is 0 Å². The molecule has 0 radical (unpaired) electrons. The van der Waals surface area contributed by atoms with Crippen molar-refractivity contribution in [1.29, 1.82) is 0 Å². The van der Waals surface area contributed by atoms with Crippen LogP contribution < -0.4 is 10.6 Å². The number of hydrogen-bond acceptors (Lipinski definition) is 4. The molecule has 1 fully saturated rings. The van der Waals surface area contributed by atoms with Crippen LogP contribution in [0, 0.1) is 11.8 Å². The van der Waals surface area contributed by atoms with Crippen LogP contribution in [-0.4, -0.2) is 35.0 Å². The number of benzene rings is 1. The van der Waals surface area contributed by atoms with E-state index in [2.05, 4.69) is 10.6 Å². The third-order valence-electron chi connectivity index (χ3n) is 5.14. The Morgan fingerprint density at radius 3 is 2.48 bits per heavy atom. The molecule has 0 bridgehead atoms. The number of hydrogen-bond donors (Lipinski definition) is 2. The lowest BCUT2D eigenvalue weighted by Crippen LogP contribution is -2.47. The summed E-state index contributed by atoms with van der Waals surface area (Å²) in [5.41, 5.74) is 3.02. The Kier molecular flexibility index (Phi) is 6.57. The van der Waals surface area contributed by atoms with Gasteiger partial charge in [-0.3, -0.25) is 4.79 Å². The average Bonchev–Trinajstić information content (AvgIpc) is 3.52. The van der Waals surface area contributed by atoms with Crippen molar-refractivity contribution in [3.05, 3.63) is 41.1 Å². The van der Waals surface area contributed by atoms with Gasteiger partial charge in [-0.1, -0.05) is 26.0 Å². The van der Waals surface area contributed by atoms with Crippen molar-refractivity contribution in [2.24, 2.45) is 11.8 Å². The fourth-order valence-corrected chi connectivity index (χ4v) is 3.73. The summed E-state index contributed by atoms with van der Waals surface area (Å²) in [7, 11) is 0. The lowest BCUT2D eigenvalue weighted by atomic mass is 9.94. The quantitative estimate of drug-likeness (QED) is 0.522. The summed E-state index contributed by atoms with van der Waals surface area (Å²) < 4.78 is 5.54. The second-order valence-corrected chi connectivity index (χ2v) is 8.39. The van der Waals surface area contributed by atoms with Crippen molar-refractivity contribution >= 4 is 34.9 Å². The van der Waals surface area contributed by atoms with Crippen molar-refractivity contribution in [2.45, 2.75) is 46.6 Å². The molecule has 1 heterocycles. The zero-order valence-corrected chi connectivity index (χ0v) is 18.3. The number of carbonyl (C=O) groups is 2. The van der Waals surface area contributed by atoms with Gasteiger partial charge in [0, 0.05) is 23.8 Å². The van der Waals surface area contributed by atoms with Gasteiger partial charge in [-0.2, -0.15) is 0 Å². The molecule has 7 heteroatoms. The number of ether oxygens (including phenoxy) is 1. The minimum atomic E-state index is -0.391. The molecule has 1 atom stereocenters. The molecule has 1 aliphatic heterocycles. The standard InChI is InChI=1S/C22H29N3O3S/c1-5-25-14(4)18(21(27)28-12-13(2)3)19(24-22(25)29)15-8-10-17(11-9-15)23-20(26)16-6-7-16/h8-11,13,16,19H,5-7,12H2,1-4H3,(H,23,26)(H,24,29). The van der Waals surface area contributed by atoms with E-state index < -0.39 is 6.04 Å². The van der Waals surface area contributed by atoms with Gasteiger partial charge in [-0.05, 0) is 62.5 Å². The van der Waals surface area contributed by atoms with Gasteiger partial charge < -0.3 is 20.3 Å². The number of allylic oxidation sites excluding steroid dienone is 1. The molecule has 1 aromatic carbocycles. The zero-order valence-electron chi connectivity index (χ0n) is 17.5. The molecule has 1 saturated carbocycles. The molecule has 0 aromatic heterocycles. The van der Waals surface area contributed by atoms with Gasteiger partial charge in [-0.25, -0.2) is 4.79 Å². The van der Waals surface area contributed by atoms with Crippen LogP contribution in [0.4, 0.5) is 5.69 Å². The maximum absolute atomic E-state index is 12.9. The third kappa shape index (κ3) is 4.96. The molecule has 6 nitrogen and oxygen atoms in total. The second-order valence-electron chi connectivity index (χ2n) is 8.00. The number of anilines is 1. The maximum Gasteiger partial charge on any atom is 0.338 e. The van der Waals surface area contributed by atoms with Crippen LogP contribution in [0.15, 0.2) is 35.5 Å². The van der Waals surface area contributed by atoms with Gasteiger partial charge >= 0.3 is 5.97 Å². The van der Waals surface area contributed by atoms with E-state index in [-0.39, 0.29) is 23.7 Å². The fraction of sp³-hybridized carbons (Fsp3) is 0.500. The first-order chi connectivity index (χ1) is 13.8. The number of nitrogens with one attached hydrogen (secondary N) is 2. The van der Waals surface area contributed by atoms with Crippen molar-refractivity contribution < 1.29 is 14.3 Å². The van der Waals surface area contributed by atoms with E-state index in [1.807, 2.05) is 56.9 Å². The van der Waals surface area contributed by atoms with Crippen LogP contribution in [0.25, 0.3) is 0 Å². The normalized spacial score (nSPS) is 19.3. The topological polar surface area (TPSA) is 70.7 Å². The third-order valence-corrected chi connectivity index (χ3v) is 5.48. The Hall–Kier alpha value is -2.41. The van der Waals surface area contributed by atoms with Crippen LogP contribution in [0.3, 0.4) is 0 Å². The van der Waals surface area contributed by atoms with Gasteiger partial charge in [0.1, 0.15) is 0 Å². The molecule has 2 aliphatic rings. The molecule has 0 saturated heterocycles. The smallest absolute Gasteiger partial charge is 0.338 e. The van der Waals surface area contributed by atoms with Crippen LogP contribution in [-0.2, 0) is 14.3 Å². The highest BCUT2D eigenvalue weighted by atomic mass is 32.1. The van der Waals surface area contributed by atoms with E-state index in [4.69, 9.17) is 17.0 Å². The molecule has 3 rings (SSSR count). The Labute approximate surface area is 177 Å². The van der Waals surface area contributed by atoms with Crippen molar-refractivity contribution in [3.63, 3.8) is 0 Å². The van der Waals surface area contributed by atoms with Gasteiger partial charge in [-0.15, -0.1) is 0 Å². The first-order valence-electron chi connectivity index (χ1n) is 10.2. The Morgan fingerprint density at radius 2 is 1.93 bits per heavy atom. The summed E-state index contributed by atoms with van der Waals surface area (Å²) in [5.74, 6) is 0.148. The Balaban J connectivity index is 1.86. The number of nitrogens with zero attached hydrogens (tertiary/aromatic N) is 1. The van der Waals surface area contributed by atoms with Crippen LogP contribution in [0.1, 0.15) is 52.1 Å². The summed E-state index contributed by atoms with van der Waals surface area (Å²) in [6.45, 7) is 8.94. The average molecular weight is 416 g/mol. The van der Waals surface area contributed by atoms with E-state index in [1.165, 1.54) is 0 Å². The van der Waals surface area contributed by atoms with E-state index in [0.29, 0.717) is 23.8 Å². The minimum absolute atomic E-state index is 0.0713. The lowest BCUT2D eigenvalue weighted by molar-refractivity contribution is -0.140. The van der Waals surface area contributed by atoms with Gasteiger partial charge in [0.2, 0.25) is 5.91 Å². The SMILES string of the molecule is CCN1C(=S)NC(c2ccc(NC(=O)C3CC3)cc2)C(C(=O)OCC(C)C)=C1C. The highest BCUT2D eigenvalue weighted by Crippen LogP contribution is 2.33. The lowest BCUT2D eigenvalue weighted by Gasteiger charge is -2.37. The van der Waals surface area contributed by atoms with E-state index in [9.17, 15) is 9.59 Å². The van der Waals surface area contributed by atoms with Crippen LogP contribution >= 0.6 is 12.2 Å². The molecule has 1 aromatic rings. The van der Waals surface area contributed by atoms with Crippen molar-refractivity contribution in [2.75, 3.05) is 18.5 Å². The van der Waals surface area contributed by atoms with Crippen LogP contribution in [0.2, 0.25) is 0 Å². The second kappa shape index (κ2) is 8.95. The molecule has 29 heavy (non-hydrogen) atoms. The minimum Gasteiger partial charge on any atom is -0.462 e. The Morgan fingerprint density at radius 1 is 1.28 bits per heavy atom. The summed E-state index contributed by atoms with van der Waals surface area (Å²) in [5, 5.41) is 6.80. The summed E-state index contributed by atoms with van der Waals surface area (Å²) in [4.78, 5) is 26.8. The molecular weight excluding hydrogens is 386 g/mol. The fourth-order valence-electron chi connectivity index (χ4n) is 3.35.